The van der Waals surface area contributed by atoms with Crippen molar-refractivity contribution >= 4 is 34.8 Å². The van der Waals surface area contributed by atoms with Crippen LogP contribution in [-0.4, -0.2) is 11.9 Å². The van der Waals surface area contributed by atoms with E-state index in [4.69, 9.17) is 16.9 Å². The predicted octanol–water partition coefficient (Wildman–Crippen LogP) is 5.21. The van der Waals surface area contributed by atoms with Gasteiger partial charge in [-0.05, 0) is 54.1 Å². The monoisotopic (exact) mass is 386 g/mol. The second-order valence-electron chi connectivity index (χ2n) is 6.27. The van der Waals surface area contributed by atoms with Crippen LogP contribution >= 0.6 is 11.6 Å². The first-order valence-corrected chi connectivity index (χ1v) is 9.03. The van der Waals surface area contributed by atoms with Gasteiger partial charge in [-0.15, -0.1) is 0 Å². The van der Waals surface area contributed by atoms with Crippen molar-refractivity contribution in [3.05, 3.63) is 94.5 Å². The van der Waals surface area contributed by atoms with Gasteiger partial charge in [-0.2, -0.15) is 10.3 Å². The molecule has 0 bridgehead atoms. The molecule has 2 amide bonds. The van der Waals surface area contributed by atoms with Gasteiger partial charge < -0.3 is 10.2 Å². The Bertz CT molecular complexity index is 1100. The van der Waals surface area contributed by atoms with Crippen molar-refractivity contribution in [1.82, 2.24) is 0 Å². The first kappa shape index (κ1) is 17.8. The number of halogens is 1. The van der Waals surface area contributed by atoms with Crippen molar-refractivity contribution in [1.29, 1.82) is 5.26 Å². The number of benzene rings is 3. The van der Waals surface area contributed by atoms with E-state index < -0.39 is 6.03 Å². The second-order valence-corrected chi connectivity index (χ2v) is 6.71. The number of urea groups is 1. The highest BCUT2D eigenvalue weighted by Crippen LogP contribution is 2.29. The zero-order chi connectivity index (χ0) is 19.5. The van der Waals surface area contributed by atoms with Crippen molar-refractivity contribution in [3.8, 4) is 6.07 Å². The van der Waals surface area contributed by atoms with Crippen molar-refractivity contribution < 1.29 is 4.79 Å². The van der Waals surface area contributed by atoms with E-state index in [1.54, 1.807) is 36.4 Å². The Morgan fingerprint density at radius 3 is 2.46 bits per heavy atom. The molecule has 28 heavy (non-hydrogen) atoms. The minimum Gasteiger partial charge on any atom is -0.321 e. The van der Waals surface area contributed by atoms with Crippen LogP contribution in [0.2, 0.25) is 5.02 Å². The average Bonchev–Trinajstić information content (AvgIpc) is 3.08. The van der Waals surface area contributed by atoms with Crippen molar-refractivity contribution in [3.63, 3.8) is 0 Å². The molecule has 0 saturated carbocycles. The van der Waals surface area contributed by atoms with Crippen LogP contribution in [0.3, 0.4) is 0 Å². The summed E-state index contributed by atoms with van der Waals surface area (Å²) in [4.78, 5) is 18.8. The third-order valence-corrected chi connectivity index (χ3v) is 4.71. The number of rotatable bonds is 2. The van der Waals surface area contributed by atoms with E-state index in [-0.39, 0.29) is 0 Å². The number of nitrogens with one attached hydrogen (secondary N) is 1. The quantitative estimate of drug-likeness (QED) is 0.657. The van der Waals surface area contributed by atoms with Crippen LogP contribution < -0.4 is 10.2 Å². The van der Waals surface area contributed by atoms with E-state index in [1.807, 2.05) is 41.3 Å². The number of nitriles is 1. The Labute approximate surface area is 167 Å². The maximum Gasteiger partial charge on any atom is 0.347 e. The lowest BCUT2D eigenvalue weighted by Crippen LogP contribution is -2.26. The van der Waals surface area contributed by atoms with Crippen LogP contribution in [0.4, 0.5) is 16.2 Å². The average molecular weight is 387 g/mol. The number of aliphatic imine (C=N–C) groups is 1. The fourth-order valence-corrected chi connectivity index (χ4v) is 3.22. The number of amides is 2. The van der Waals surface area contributed by atoms with Gasteiger partial charge in [0, 0.05) is 22.0 Å². The zero-order valence-electron chi connectivity index (χ0n) is 14.8. The molecule has 0 spiro atoms. The highest BCUT2D eigenvalue weighted by molar-refractivity contribution is 6.30. The van der Waals surface area contributed by atoms with Crippen LogP contribution in [0.15, 0.2) is 77.8 Å². The van der Waals surface area contributed by atoms with E-state index in [1.165, 1.54) is 0 Å². The lowest BCUT2D eigenvalue weighted by Gasteiger charge is -2.19. The lowest BCUT2D eigenvalue weighted by atomic mass is 10.1. The maximum atomic E-state index is 12.5. The smallest absolute Gasteiger partial charge is 0.321 e. The molecule has 5 nitrogen and oxygen atoms in total. The van der Waals surface area contributed by atoms with Gasteiger partial charge in [0.2, 0.25) is 0 Å². The van der Waals surface area contributed by atoms with Crippen LogP contribution in [0.1, 0.15) is 16.7 Å². The summed E-state index contributed by atoms with van der Waals surface area (Å²) < 4.78 is 0. The van der Waals surface area contributed by atoms with Gasteiger partial charge in [0.05, 0.1) is 18.2 Å². The van der Waals surface area contributed by atoms with Gasteiger partial charge >= 0.3 is 6.03 Å². The summed E-state index contributed by atoms with van der Waals surface area (Å²) in [6.45, 7) is 0.606. The molecule has 4 rings (SSSR count). The Hall–Kier alpha value is -3.62. The summed E-state index contributed by atoms with van der Waals surface area (Å²) in [6, 6.07) is 23.6. The van der Waals surface area contributed by atoms with Crippen LogP contribution in [-0.2, 0) is 6.54 Å². The van der Waals surface area contributed by atoms with Crippen molar-refractivity contribution in [2.24, 2.45) is 4.99 Å². The third kappa shape index (κ3) is 3.59. The Kier molecular flexibility index (Phi) is 4.79. The van der Waals surface area contributed by atoms with Crippen molar-refractivity contribution in [2.75, 3.05) is 10.2 Å². The van der Waals surface area contributed by atoms with Gasteiger partial charge in [-0.1, -0.05) is 35.9 Å². The number of hydrogen-bond donors (Lipinski definition) is 1. The fourth-order valence-electron chi connectivity index (χ4n) is 3.10. The molecule has 0 aliphatic carbocycles. The molecule has 3 aromatic rings. The molecule has 0 radical (unpaired) electrons. The number of carbonyl (C=O) groups excluding carboxylic acids is 1. The molecule has 1 aliphatic rings. The molecule has 3 aromatic carbocycles. The summed E-state index contributed by atoms with van der Waals surface area (Å²) in [6.07, 6.45) is 0. The van der Waals surface area contributed by atoms with Gasteiger partial charge in [-0.3, -0.25) is 0 Å². The molecule has 0 fully saturated rings. The minimum atomic E-state index is -0.465. The molecule has 0 aromatic heterocycles. The number of hydrogen-bond acceptors (Lipinski definition) is 2. The van der Waals surface area contributed by atoms with E-state index in [9.17, 15) is 4.79 Å². The molecule has 136 valence electrons. The summed E-state index contributed by atoms with van der Waals surface area (Å²) in [5.41, 5.74) is 4.07. The van der Waals surface area contributed by atoms with Gasteiger partial charge in [0.15, 0.2) is 0 Å². The van der Waals surface area contributed by atoms with E-state index in [0.717, 1.165) is 16.8 Å². The summed E-state index contributed by atoms with van der Waals surface area (Å²) in [7, 11) is 0. The second kappa shape index (κ2) is 7.55. The van der Waals surface area contributed by atoms with E-state index in [2.05, 4.69) is 16.4 Å². The van der Waals surface area contributed by atoms with E-state index >= 15 is 0 Å². The molecule has 1 aliphatic heterocycles. The number of nitrogens with zero attached hydrogens (tertiary/aromatic N) is 3. The first-order chi connectivity index (χ1) is 13.6. The lowest BCUT2D eigenvalue weighted by molar-refractivity contribution is 0.259. The Morgan fingerprint density at radius 2 is 1.75 bits per heavy atom. The largest absolute Gasteiger partial charge is 0.347 e. The molecule has 6 heteroatoms. The van der Waals surface area contributed by atoms with Crippen LogP contribution in [0, 0.1) is 11.3 Å². The molecular formula is C22H15ClN4O. The topological polar surface area (TPSA) is 68.5 Å². The fraction of sp³-hybridized carbons (Fsp3) is 0.0455. The molecule has 0 unspecified atom stereocenters. The van der Waals surface area contributed by atoms with E-state index in [0.29, 0.717) is 28.7 Å². The first-order valence-electron chi connectivity index (χ1n) is 8.65. The SMILES string of the molecule is N#Cc1ccc(N2Cc3ccccc3C2=NC(=O)Nc2ccc(Cl)cc2)cc1. The molecule has 1 heterocycles. The maximum absolute atomic E-state index is 12.5. The van der Waals surface area contributed by atoms with Crippen LogP contribution in [0.25, 0.3) is 0 Å². The number of fused-ring (bicyclic) bond motifs is 1. The van der Waals surface area contributed by atoms with Gasteiger partial charge in [-0.25, -0.2) is 4.79 Å². The van der Waals surface area contributed by atoms with Gasteiger partial charge in [0.1, 0.15) is 5.84 Å². The molecule has 0 saturated heterocycles. The summed E-state index contributed by atoms with van der Waals surface area (Å²) in [5, 5.41) is 12.4. The number of amidine groups is 1. The minimum absolute atomic E-state index is 0.465. The normalized spacial score (nSPS) is 13.9. The number of anilines is 2. The molecule has 1 N–H and O–H groups in total. The molecule has 0 atom stereocenters. The Morgan fingerprint density at radius 1 is 1.04 bits per heavy atom. The van der Waals surface area contributed by atoms with Gasteiger partial charge in [0.25, 0.3) is 0 Å². The summed E-state index contributed by atoms with van der Waals surface area (Å²) in [5.74, 6) is 0.576. The number of carbonyl (C=O) groups is 1. The standard InChI is InChI=1S/C22H15ClN4O/c23-17-7-9-18(10-8-17)25-22(28)26-21-20-4-2-1-3-16(20)14-27(21)19-11-5-15(13-24)6-12-19/h1-12H,14H2,(H,25,28). The summed E-state index contributed by atoms with van der Waals surface area (Å²) >= 11 is 5.88. The predicted molar refractivity (Wildman–Crippen MR) is 111 cm³/mol. The third-order valence-electron chi connectivity index (χ3n) is 4.45. The van der Waals surface area contributed by atoms with Crippen LogP contribution in [0.5, 0.6) is 0 Å². The zero-order valence-corrected chi connectivity index (χ0v) is 15.5. The Balaban J connectivity index is 1.67. The van der Waals surface area contributed by atoms with Crippen molar-refractivity contribution in [2.45, 2.75) is 6.54 Å². The highest BCUT2D eigenvalue weighted by atomic mass is 35.5. The highest BCUT2D eigenvalue weighted by Gasteiger charge is 2.27. The molecular weight excluding hydrogens is 372 g/mol.